The standard InChI is InChI=1S/C23H20ClF2NO5/c1-31-14-6-8-23(9-7-14)20(32-22(29)30)19(21(28)27-23)15-10-12(2-4-16(15)24)13-3-5-17(25)18(26)11-13/h2-5,10-11,14H,6-9H2,1H3,(H,27,28)(H,29,30). The fraction of sp³-hybridized carbons (Fsp3) is 0.304. The van der Waals surface area contributed by atoms with Crippen LogP contribution in [0.1, 0.15) is 31.2 Å². The number of ether oxygens (including phenoxy) is 2. The first-order valence-electron chi connectivity index (χ1n) is 10.0. The van der Waals surface area contributed by atoms with Crippen LogP contribution in [0, 0.1) is 11.6 Å². The Morgan fingerprint density at radius 3 is 2.41 bits per heavy atom. The van der Waals surface area contributed by atoms with Crippen LogP contribution in [0.4, 0.5) is 13.6 Å². The molecule has 1 saturated carbocycles. The van der Waals surface area contributed by atoms with Gasteiger partial charge in [0.05, 0.1) is 17.2 Å². The van der Waals surface area contributed by atoms with Gasteiger partial charge in [0, 0.05) is 17.7 Å². The van der Waals surface area contributed by atoms with Gasteiger partial charge in [-0.2, -0.15) is 0 Å². The molecular formula is C23H20ClF2NO5. The molecular weight excluding hydrogens is 444 g/mol. The largest absolute Gasteiger partial charge is 0.511 e. The van der Waals surface area contributed by atoms with Crippen LogP contribution in [0.15, 0.2) is 42.2 Å². The van der Waals surface area contributed by atoms with Gasteiger partial charge in [-0.05, 0) is 61.1 Å². The zero-order valence-corrected chi connectivity index (χ0v) is 17.8. The molecule has 4 rings (SSSR count). The molecule has 1 heterocycles. The second kappa shape index (κ2) is 8.52. The zero-order chi connectivity index (χ0) is 23.0. The summed E-state index contributed by atoms with van der Waals surface area (Å²) < 4.78 is 37.6. The van der Waals surface area contributed by atoms with Crippen LogP contribution in [-0.4, -0.2) is 35.9 Å². The molecule has 0 unspecified atom stereocenters. The van der Waals surface area contributed by atoms with E-state index in [9.17, 15) is 23.5 Å². The van der Waals surface area contributed by atoms with Crippen molar-refractivity contribution < 1.29 is 33.0 Å². The van der Waals surface area contributed by atoms with Crippen LogP contribution >= 0.6 is 11.6 Å². The van der Waals surface area contributed by atoms with Crippen LogP contribution in [0.2, 0.25) is 5.02 Å². The van der Waals surface area contributed by atoms with Crippen molar-refractivity contribution in [3.63, 3.8) is 0 Å². The average molecular weight is 464 g/mol. The Hall–Kier alpha value is -2.97. The second-order valence-electron chi connectivity index (χ2n) is 7.87. The summed E-state index contributed by atoms with van der Waals surface area (Å²) in [7, 11) is 1.61. The highest BCUT2D eigenvalue weighted by Gasteiger charge is 2.50. The van der Waals surface area contributed by atoms with E-state index in [1.165, 1.54) is 18.2 Å². The Morgan fingerprint density at radius 1 is 1.12 bits per heavy atom. The van der Waals surface area contributed by atoms with Gasteiger partial charge in [-0.15, -0.1) is 0 Å². The Kier molecular flexibility index (Phi) is 5.92. The van der Waals surface area contributed by atoms with Crippen molar-refractivity contribution in [1.29, 1.82) is 0 Å². The first kappa shape index (κ1) is 22.2. The molecule has 168 valence electrons. The Morgan fingerprint density at radius 2 is 1.78 bits per heavy atom. The number of methoxy groups -OCH3 is 1. The molecule has 1 aliphatic heterocycles. The van der Waals surface area contributed by atoms with E-state index in [1.807, 2.05) is 0 Å². The fourth-order valence-corrected chi connectivity index (χ4v) is 4.62. The van der Waals surface area contributed by atoms with E-state index in [1.54, 1.807) is 13.2 Å². The van der Waals surface area contributed by atoms with E-state index < -0.39 is 29.2 Å². The van der Waals surface area contributed by atoms with Crippen LogP contribution in [0.25, 0.3) is 16.7 Å². The Balaban J connectivity index is 1.83. The van der Waals surface area contributed by atoms with Gasteiger partial charge in [-0.25, -0.2) is 13.6 Å². The van der Waals surface area contributed by atoms with Gasteiger partial charge in [0.1, 0.15) is 5.76 Å². The maximum atomic E-state index is 13.7. The molecule has 1 spiro atoms. The molecule has 0 radical (unpaired) electrons. The molecule has 2 aromatic rings. The lowest BCUT2D eigenvalue weighted by molar-refractivity contribution is -0.116. The predicted octanol–water partition coefficient (Wildman–Crippen LogP) is 5.15. The van der Waals surface area contributed by atoms with Crippen molar-refractivity contribution in [3.05, 3.63) is 64.4 Å². The summed E-state index contributed by atoms with van der Waals surface area (Å²) in [6.07, 6.45) is 0.550. The smallest absolute Gasteiger partial charge is 0.449 e. The fourth-order valence-electron chi connectivity index (χ4n) is 4.40. The van der Waals surface area contributed by atoms with Crippen molar-refractivity contribution in [2.45, 2.75) is 37.3 Å². The molecule has 32 heavy (non-hydrogen) atoms. The summed E-state index contributed by atoms with van der Waals surface area (Å²) in [5.74, 6) is -2.51. The number of halogens is 3. The molecule has 0 aromatic heterocycles. The average Bonchev–Trinajstić information content (AvgIpc) is 3.01. The van der Waals surface area contributed by atoms with Crippen LogP contribution < -0.4 is 5.32 Å². The highest BCUT2D eigenvalue weighted by Crippen LogP contribution is 2.45. The number of rotatable bonds is 4. The zero-order valence-electron chi connectivity index (χ0n) is 17.1. The van der Waals surface area contributed by atoms with Gasteiger partial charge in [-0.1, -0.05) is 23.7 Å². The van der Waals surface area contributed by atoms with Gasteiger partial charge < -0.3 is 19.9 Å². The molecule has 1 fully saturated rings. The molecule has 2 N–H and O–H groups in total. The predicted molar refractivity (Wildman–Crippen MR) is 113 cm³/mol. The van der Waals surface area contributed by atoms with Crippen molar-refractivity contribution in [3.8, 4) is 11.1 Å². The number of hydrogen-bond donors (Lipinski definition) is 2. The maximum Gasteiger partial charge on any atom is 0.511 e. The minimum Gasteiger partial charge on any atom is -0.449 e. The van der Waals surface area contributed by atoms with E-state index in [-0.39, 0.29) is 28.0 Å². The van der Waals surface area contributed by atoms with Gasteiger partial charge in [0.25, 0.3) is 5.91 Å². The van der Waals surface area contributed by atoms with Gasteiger partial charge in [0.2, 0.25) is 0 Å². The Bertz CT molecular complexity index is 1130. The molecule has 1 amide bonds. The van der Waals surface area contributed by atoms with Crippen LogP contribution in [-0.2, 0) is 14.3 Å². The SMILES string of the molecule is COC1CCC2(CC1)NC(=O)C(c1cc(-c3ccc(F)c(F)c3)ccc1Cl)=C2OC(=O)O. The Labute approximate surface area is 187 Å². The highest BCUT2D eigenvalue weighted by molar-refractivity contribution is 6.36. The number of carboxylic acid groups (broad SMARTS) is 1. The summed E-state index contributed by atoms with van der Waals surface area (Å²) >= 11 is 6.39. The lowest BCUT2D eigenvalue weighted by Crippen LogP contribution is -2.49. The van der Waals surface area contributed by atoms with Gasteiger partial charge in [0.15, 0.2) is 11.6 Å². The number of hydrogen-bond acceptors (Lipinski definition) is 4. The van der Waals surface area contributed by atoms with Crippen molar-refractivity contribution in [2.75, 3.05) is 7.11 Å². The molecule has 2 aliphatic rings. The molecule has 6 nitrogen and oxygen atoms in total. The van der Waals surface area contributed by atoms with E-state index >= 15 is 0 Å². The molecule has 0 bridgehead atoms. The summed E-state index contributed by atoms with van der Waals surface area (Å²) in [5, 5.41) is 12.5. The molecule has 1 aliphatic carbocycles. The topological polar surface area (TPSA) is 84.9 Å². The maximum absolute atomic E-state index is 13.7. The second-order valence-corrected chi connectivity index (χ2v) is 8.27. The molecule has 2 aromatic carbocycles. The molecule has 9 heteroatoms. The van der Waals surface area contributed by atoms with Crippen molar-refractivity contribution in [1.82, 2.24) is 5.32 Å². The number of carbonyl (C=O) groups excluding carboxylic acids is 1. The van der Waals surface area contributed by atoms with E-state index in [2.05, 4.69) is 5.32 Å². The first-order valence-corrected chi connectivity index (χ1v) is 10.4. The number of carbonyl (C=O) groups is 2. The quantitative estimate of drug-likeness (QED) is 0.613. The van der Waals surface area contributed by atoms with Crippen molar-refractivity contribution >= 4 is 29.2 Å². The summed E-state index contributed by atoms with van der Waals surface area (Å²) in [5.41, 5.74) is 0.117. The molecule has 0 saturated heterocycles. The third-order valence-electron chi connectivity index (χ3n) is 6.04. The van der Waals surface area contributed by atoms with Gasteiger partial charge >= 0.3 is 6.16 Å². The summed E-state index contributed by atoms with van der Waals surface area (Å²) in [6, 6.07) is 8.09. The molecule has 0 atom stereocenters. The van der Waals surface area contributed by atoms with Crippen LogP contribution in [0.5, 0.6) is 0 Å². The number of benzene rings is 2. The number of nitrogens with one attached hydrogen (secondary N) is 1. The van der Waals surface area contributed by atoms with Crippen LogP contribution in [0.3, 0.4) is 0 Å². The lowest BCUT2D eigenvalue weighted by Gasteiger charge is -2.37. The van der Waals surface area contributed by atoms with E-state index in [0.29, 0.717) is 36.8 Å². The van der Waals surface area contributed by atoms with E-state index in [4.69, 9.17) is 21.1 Å². The third-order valence-corrected chi connectivity index (χ3v) is 6.37. The minimum absolute atomic E-state index is 0.00566. The number of amides is 1. The normalized spacial score (nSPS) is 22.9. The minimum atomic E-state index is -1.55. The summed E-state index contributed by atoms with van der Waals surface area (Å²) in [6.45, 7) is 0. The first-order chi connectivity index (χ1) is 15.2. The third kappa shape index (κ3) is 3.96. The highest BCUT2D eigenvalue weighted by atomic mass is 35.5. The van der Waals surface area contributed by atoms with E-state index in [0.717, 1.165) is 12.1 Å². The van der Waals surface area contributed by atoms with Crippen molar-refractivity contribution in [2.24, 2.45) is 0 Å². The lowest BCUT2D eigenvalue weighted by atomic mass is 9.79. The van der Waals surface area contributed by atoms with Gasteiger partial charge in [-0.3, -0.25) is 4.79 Å². The summed E-state index contributed by atoms with van der Waals surface area (Å²) in [4.78, 5) is 24.5. The monoisotopic (exact) mass is 463 g/mol.